The number of pyridine rings is 1. The Morgan fingerprint density at radius 1 is 1.19 bits per heavy atom. The molecule has 1 aromatic carbocycles. The maximum Gasteiger partial charge on any atom is 0.319 e. The fraction of sp³-hybridized carbons (Fsp3) is 0.429. The van der Waals surface area contributed by atoms with E-state index in [1.54, 1.807) is 6.20 Å². The van der Waals surface area contributed by atoms with E-state index in [0.717, 1.165) is 23.5 Å². The van der Waals surface area contributed by atoms with Crippen molar-refractivity contribution >= 4 is 11.7 Å². The number of carbonyl (C=O) groups is 1. The van der Waals surface area contributed by atoms with E-state index in [2.05, 4.69) is 32.7 Å². The molecule has 0 saturated carbocycles. The lowest BCUT2D eigenvalue weighted by Gasteiger charge is -2.26. The first-order valence-corrected chi connectivity index (χ1v) is 9.41. The largest absolute Gasteiger partial charge is 0.331 e. The molecule has 2 heterocycles. The first-order chi connectivity index (χ1) is 12.6. The predicted molar refractivity (Wildman–Crippen MR) is 105 cm³/mol. The lowest BCUT2D eigenvalue weighted by Crippen LogP contribution is -2.31. The summed E-state index contributed by atoms with van der Waals surface area (Å²) in [5, 5.41) is 5.91. The van der Waals surface area contributed by atoms with Crippen LogP contribution >= 0.6 is 0 Å². The summed E-state index contributed by atoms with van der Waals surface area (Å²) < 4.78 is 0. The van der Waals surface area contributed by atoms with Gasteiger partial charge in [0, 0.05) is 24.1 Å². The van der Waals surface area contributed by atoms with E-state index in [-0.39, 0.29) is 12.1 Å². The van der Waals surface area contributed by atoms with Crippen molar-refractivity contribution in [1.82, 2.24) is 15.2 Å². The number of nitrogens with one attached hydrogen (secondary N) is 2. The Bertz CT molecular complexity index is 723. The van der Waals surface area contributed by atoms with Gasteiger partial charge in [0.05, 0.1) is 6.04 Å². The Labute approximate surface area is 155 Å². The third kappa shape index (κ3) is 5.30. The van der Waals surface area contributed by atoms with Crippen molar-refractivity contribution in [1.29, 1.82) is 0 Å². The third-order valence-electron chi connectivity index (χ3n) is 4.82. The number of hydrogen-bond acceptors (Lipinski definition) is 3. The van der Waals surface area contributed by atoms with Crippen molar-refractivity contribution in [3.8, 4) is 0 Å². The number of rotatable bonds is 5. The number of aromatic nitrogens is 1. The van der Waals surface area contributed by atoms with Crippen molar-refractivity contribution in [3.63, 3.8) is 0 Å². The average Bonchev–Trinajstić information content (AvgIpc) is 2.63. The van der Waals surface area contributed by atoms with Crippen LogP contribution in [0.15, 0.2) is 42.6 Å². The zero-order valence-corrected chi connectivity index (χ0v) is 15.7. The van der Waals surface area contributed by atoms with Gasteiger partial charge in [-0.3, -0.25) is 9.88 Å². The molecule has 1 aliphatic rings. The quantitative estimate of drug-likeness (QED) is 0.845. The molecule has 0 aliphatic carbocycles. The van der Waals surface area contributed by atoms with Crippen LogP contribution in [0.2, 0.25) is 0 Å². The lowest BCUT2D eigenvalue weighted by atomic mass is 10.1. The van der Waals surface area contributed by atoms with Crippen LogP contribution in [0, 0.1) is 6.92 Å². The molecule has 5 heteroatoms. The van der Waals surface area contributed by atoms with Gasteiger partial charge in [0.2, 0.25) is 0 Å². The molecule has 0 spiro atoms. The number of anilines is 1. The van der Waals surface area contributed by atoms with Gasteiger partial charge in [-0.25, -0.2) is 4.79 Å². The molecular weight excluding hydrogens is 324 g/mol. The van der Waals surface area contributed by atoms with E-state index in [0.29, 0.717) is 0 Å². The van der Waals surface area contributed by atoms with Gasteiger partial charge in [0.1, 0.15) is 0 Å². The summed E-state index contributed by atoms with van der Waals surface area (Å²) in [4.78, 5) is 19.1. The van der Waals surface area contributed by atoms with E-state index < -0.39 is 0 Å². The maximum atomic E-state index is 12.3. The smallest absolute Gasteiger partial charge is 0.319 e. The SMILES string of the molecule is Cc1ccc([C@H](C)NC(=O)Nc2cccc(CN3CCCCC3)c2)cn1. The Morgan fingerprint density at radius 2 is 2.00 bits per heavy atom. The molecule has 2 aromatic rings. The van der Waals surface area contributed by atoms with E-state index >= 15 is 0 Å². The number of benzene rings is 1. The number of urea groups is 1. The fourth-order valence-electron chi connectivity index (χ4n) is 3.31. The van der Waals surface area contributed by atoms with Crippen LogP contribution in [0.4, 0.5) is 10.5 Å². The summed E-state index contributed by atoms with van der Waals surface area (Å²) in [7, 11) is 0. The van der Waals surface area contributed by atoms with Crippen LogP contribution < -0.4 is 10.6 Å². The number of amides is 2. The van der Waals surface area contributed by atoms with Gasteiger partial charge in [-0.2, -0.15) is 0 Å². The normalized spacial score (nSPS) is 16.1. The molecule has 5 nitrogen and oxygen atoms in total. The maximum absolute atomic E-state index is 12.3. The number of aryl methyl sites for hydroxylation is 1. The van der Waals surface area contributed by atoms with Crippen LogP contribution in [0.5, 0.6) is 0 Å². The second kappa shape index (κ2) is 8.81. The fourth-order valence-corrected chi connectivity index (χ4v) is 3.31. The number of likely N-dealkylation sites (tertiary alicyclic amines) is 1. The predicted octanol–water partition coefficient (Wildman–Crippen LogP) is 4.26. The summed E-state index contributed by atoms with van der Waals surface area (Å²) >= 11 is 0. The molecule has 0 unspecified atom stereocenters. The molecule has 1 saturated heterocycles. The Kier molecular flexibility index (Phi) is 6.23. The Hall–Kier alpha value is -2.40. The molecule has 1 aromatic heterocycles. The average molecular weight is 352 g/mol. The molecule has 1 fully saturated rings. The van der Waals surface area contributed by atoms with E-state index in [1.165, 1.54) is 37.9 Å². The molecule has 1 atom stereocenters. The van der Waals surface area contributed by atoms with Crippen LogP contribution in [0.3, 0.4) is 0 Å². The highest BCUT2D eigenvalue weighted by atomic mass is 16.2. The van der Waals surface area contributed by atoms with Crippen LogP contribution in [0.25, 0.3) is 0 Å². The summed E-state index contributed by atoms with van der Waals surface area (Å²) in [5.74, 6) is 0. The minimum Gasteiger partial charge on any atom is -0.331 e. The lowest BCUT2D eigenvalue weighted by molar-refractivity contribution is 0.221. The third-order valence-corrected chi connectivity index (χ3v) is 4.82. The topological polar surface area (TPSA) is 57.3 Å². The molecule has 2 amide bonds. The van der Waals surface area contributed by atoms with Gasteiger partial charge in [-0.1, -0.05) is 24.6 Å². The molecule has 1 aliphatic heterocycles. The van der Waals surface area contributed by atoms with Crippen molar-refractivity contribution in [2.24, 2.45) is 0 Å². The highest BCUT2D eigenvalue weighted by molar-refractivity contribution is 5.89. The summed E-state index contributed by atoms with van der Waals surface area (Å²) in [6.07, 6.45) is 5.71. The molecule has 0 bridgehead atoms. The Balaban J connectivity index is 1.55. The minimum absolute atomic E-state index is 0.0976. The van der Waals surface area contributed by atoms with Gasteiger partial charge >= 0.3 is 6.03 Å². The van der Waals surface area contributed by atoms with Crippen molar-refractivity contribution in [3.05, 3.63) is 59.4 Å². The minimum atomic E-state index is -0.201. The molecule has 3 rings (SSSR count). The molecule has 26 heavy (non-hydrogen) atoms. The first kappa shape index (κ1) is 18.4. The number of piperidine rings is 1. The summed E-state index contributed by atoms with van der Waals surface area (Å²) in [6, 6.07) is 11.8. The van der Waals surface area contributed by atoms with Crippen molar-refractivity contribution in [2.75, 3.05) is 18.4 Å². The summed E-state index contributed by atoms with van der Waals surface area (Å²) in [6.45, 7) is 7.19. The Morgan fingerprint density at radius 3 is 2.73 bits per heavy atom. The first-order valence-electron chi connectivity index (χ1n) is 9.41. The monoisotopic (exact) mass is 352 g/mol. The molecule has 0 radical (unpaired) electrons. The second-order valence-corrected chi connectivity index (χ2v) is 7.09. The molecule has 138 valence electrons. The highest BCUT2D eigenvalue weighted by Crippen LogP contribution is 2.17. The second-order valence-electron chi connectivity index (χ2n) is 7.09. The van der Waals surface area contributed by atoms with Gasteiger partial charge in [0.15, 0.2) is 0 Å². The summed E-state index contributed by atoms with van der Waals surface area (Å²) in [5.41, 5.74) is 4.02. The number of nitrogens with zero attached hydrogens (tertiary/aromatic N) is 2. The number of carbonyl (C=O) groups excluding carboxylic acids is 1. The van der Waals surface area contributed by atoms with E-state index in [4.69, 9.17) is 0 Å². The van der Waals surface area contributed by atoms with Gasteiger partial charge in [0.25, 0.3) is 0 Å². The van der Waals surface area contributed by atoms with Crippen molar-refractivity contribution in [2.45, 2.75) is 45.7 Å². The van der Waals surface area contributed by atoms with Crippen molar-refractivity contribution < 1.29 is 4.79 Å². The standard InChI is InChI=1S/C21H28N4O/c1-16-9-10-19(14-22-16)17(2)23-21(26)24-20-8-6-7-18(13-20)15-25-11-4-3-5-12-25/h6-10,13-14,17H,3-5,11-12,15H2,1-2H3,(H2,23,24,26)/t17-/m0/s1. The number of hydrogen-bond donors (Lipinski definition) is 2. The highest BCUT2D eigenvalue weighted by Gasteiger charge is 2.12. The van der Waals surface area contributed by atoms with E-state index in [9.17, 15) is 4.79 Å². The molecule has 2 N–H and O–H groups in total. The van der Waals surface area contributed by atoms with Gasteiger partial charge in [-0.05, 0) is 69.1 Å². The molecular formula is C21H28N4O. The van der Waals surface area contributed by atoms with Crippen LogP contribution in [0.1, 0.15) is 49.0 Å². The van der Waals surface area contributed by atoms with Gasteiger partial charge < -0.3 is 10.6 Å². The zero-order chi connectivity index (χ0) is 18.4. The zero-order valence-electron chi connectivity index (χ0n) is 15.7. The van der Waals surface area contributed by atoms with Gasteiger partial charge in [-0.15, -0.1) is 0 Å². The van der Waals surface area contributed by atoms with Crippen LogP contribution in [-0.4, -0.2) is 29.0 Å². The van der Waals surface area contributed by atoms with E-state index in [1.807, 2.05) is 38.1 Å². The van der Waals surface area contributed by atoms with Crippen LogP contribution in [-0.2, 0) is 6.54 Å².